The molecule has 3 heterocycles. The summed E-state index contributed by atoms with van der Waals surface area (Å²) in [6.07, 6.45) is 0.750. The molecule has 0 radical (unpaired) electrons. The van der Waals surface area contributed by atoms with Gasteiger partial charge in [0, 0.05) is 22.4 Å². The average molecular weight is 497 g/mol. The zero-order chi connectivity index (χ0) is 23.8. The van der Waals surface area contributed by atoms with Crippen LogP contribution in [0.1, 0.15) is 22.9 Å². The van der Waals surface area contributed by atoms with Gasteiger partial charge in [-0.15, -0.1) is 11.3 Å². The Morgan fingerprint density at radius 3 is 2.60 bits per heavy atom. The number of hydrogen-bond acceptors (Lipinski definition) is 6. The molecule has 35 heavy (non-hydrogen) atoms. The van der Waals surface area contributed by atoms with Gasteiger partial charge in [-0.2, -0.15) is 5.10 Å². The molecule has 1 aliphatic rings. The Morgan fingerprint density at radius 2 is 1.80 bits per heavy atom. The summed E-state index contributed by atoms with van der Waals surface area (Å²) in [6, 6.07) is 28.0. The molecule has 3 aromatic carbocycles. The molecule has 0 unspecified atom stereocenters. The quantitative estimate of drug-likeness (QED) is 0.255. The molecule has 0 spiro atoms. The second kappa shape index (κ2) is 9.13. The van der Waals surface area contributed by atoms with Crippen LogP contribution in [0, 0.1) is 0 Å². The first-order valence-electron chi connectivity index (χ1n) is 11.3. The van der Waals surface area contributed by atoms with E-state index in [0.717, 1.165) is 50.5 Å². The first-order valence-corrected chi connectivity index (χ1v) is 12.5. The van der Waals surface area contributed by atoms with Gasteiger partial charge >= 0.3 is 0 Å². The van der Waals surface area contributed by atoms with Crippen LogP contribution in [0.3, 0.4) is 0 Å². The van der Waals surface area contributed by atoms with Crippen molar-refractivity contribution in [3.8, 4) is 17.0 Å². The van der Waals surface area contributed by atoms with Crippen molar-refractivity contribution in [2.75, 3.05) is 12.1 Å². The Kier molecular flexibility index (Phi) is 5.68. The maximum absolute atomic E-state index is 6.16. The maximum Gasteiger partial charge on any atom is 0.247 e. The number of ether oxygens (including phenoxy) is 1. The number of nitrogens with zero attached hydrogens (tertiary/aromatic N) is 4. The molecule has 5 nitrogen and oxygen atoms in total. The van der Waals surface area contributed by atoms with Crippen LogP contribution in [0.25, 0.3) is 22.2 Å². The van der Waals surface area contributed by atoms with E-state index in [1.807, 2.05) is 65.7 Å². The fourth-order valence-corrected chi connectivity index (χ4v) is 5.24. The van der Waals surface area contributed by atoms with E-state index in [-0.39, 0.29) is 6.04 Å². The first kappa shape index (κ1) is 21.8. The lowest BCUT2D eigenvalue weighted by atomic mass is 10.0. The molecule has 6 rings (SSSR count). The van der Waals surface area contributed by atoms with E-state index in [9.17, 15) is 0 Å². The third-order valence-corrected chi connectivity index (χ3v) is 7.28. The second-order valence-electron chi connectivity index (χ2n) is 8.26. The van der Waals surface area contributed by atoms with Crippen LogP contribution in [-0.2, 0) is 0 Å². The number of halogens is 1. The number of benzene rings is 3. The number of para-hydroxylation sites is 1. The van der Waals surface area contributed by atoms with Gasteiger partial charge in [-0.05, 0) is 47.3 Å². The molecule has 7 heteroatoms. The predicted molar refractivity (Wildman–Crippen MR) is 144 cm³/mol. The summed E-state index contributed by atoms with van der Waals surface area (Å²) in [4.78, 5) is 11.2. The Hall–Kier alpha value is -3.74. The number of methoxy groups -OCH3 is 1. The van der Waals surface area contributed by atoms with Gasteiger partial charge in [0.2, 0.25) is 5.95 Å². The standard InChI is InChI=1S/C28H21ClN4OS/c1-34-21-7-4-6-19(16-21)25-17-24(26-10-5-15-35-26)32-33(25)28-30-23-9-3-2-8-22(23)27(31-28)18-11-13-20(29)14-12-18/h2-16,25H,17H2,1H3/t25-/m0/s1. The number of hydrazone groups is 1. The SMILES string of the molecule is COc1cccc([C@@H]2CC(c3cccs3)=NN2c2nc(-c3ccc(Cl)cc3)c3ccccc3n2)c1. The Balaban J connectivity index is 1.52. The van der Waals surface area contributed by atoms with Crippen LogP contribution in [0.5, 0.6) is 5.75 Å². The van der Waals surface area contributed by atoms with Gasteiger partial charge in [0.15, 0.2) is 0 Å². The van der Waals surface area contributed by atoms with Crippen LogP contribution in [0.15, 0.2) is 95.4 Å². The molecular formula is C28H21ClN4OS. The Morgan fingerprint density at radius 1 is 0.943 bits per heavy atom. The van der Waals surface area contributed by atoms with Crippen LogP contribution >= 0.6 is 22.9 Å². The molecule has 0 N–H and O–H groups in total. The van der Waals surface area contributed by atoms with E-state index >= 15 is 0 Å². The normalized spacial score (nSPS) is 15.4. The molecule has 0 fully saturated rings. The van der Waals surface area contributed by atoms with Gasteiger partial charge in [-0.25, -0.2) is 15.0 Å². The lowest BCUT2D eigenvalue weighted by Crippen LogP contribution is -2.21. The zero-order valence-corrected chi connectivity index (χ0v) is 20.5. The van der Waals surface area contributed by atoms with E-state index in [2.05, 4.69) is 29.6 Å². The highest BCUT2D eigenvalue weighted by atomic mass is 35.5. The van der Waals surface area contributed by atoms with Gasteiger partial charge in [0.05, 0.1) is 35.0 Å². The van der Waals surface area contributed by atoms with Crippen molar-refractivity contribution in [2.45, 2.75) is 12.5 Å². The molecule has 0 saturated heterocycles. The lowest BCUT2D eigenvalue weighted by Gasteiger charge is -2.23. The highest BCUT2D eigenvalue weighted by Crippen LogP contribution is 2.39. The van der Waals surface area contributed by atoms with E-state index < -0.39 is 0 Å². The molecule has 0 bridgehead atoms. The molecule has 0 amide bonds. The molecule has 0 aliphatic carbocycles. The minimum Gasteiger partial charge on any atom is -0.497 e. The lowest BCUT2D eigenvalue weighted by molar-refractivity contribution is 0.414. The molecule has 172 valence electrons. The van der Waals surface area contributed by atoms with E-state index in [1.165, 1.54) is 0 Å². The number of thiophene rings is 1. The van der Waals surface area contributed by atoms with Crippen LogP contribution in [0.2, 0.25) is 5.02 Å². The summed E-state index contributed by atoms with van der Waals surface area (Å²) in [7, 11) is 1.68. The van der Waals surface area contributed by atoms with Crippen molar-refractivity contribution < 1.29 is 4.74 Å². The minimum atomic E-state index is -0.0542. The number of rotatable bonds is 5. The Labute approximate surface area is 212 Å². The van der Waals surface area contributed by atoms with Gasteiger partial charge in [-0.1, -0.05) is 60.1 Å². The van der Waals surface area contributed by atoms with Crippen molar-refractivity contribution >= 4 is 45.5 Å². The molecular weight excluding hydrogens is 476 g/mol. The van der Waals surface area contributed by atoms with Crippen molar-refractivity contribution in [3.63, 3.8) is 0 Å². The summed E-state index contributed by atoms with van der Waals surface area (Å²) >= 11 is 7.85. The second-order valence-corrected chi connectivity index (χ2v) is 9.65. The van der Waals surface area contributed by atoms with Crippen LogP contribution in [0.4, 0.5) is 5.95 Å². The largest absolute Gasteiger partial charge is 0.497 e. The highest BCUT2D eigenvalue weighted by Gasteiger charge is 2.33. The summed E-state index contributed by atoms with van der Waals surface area (Å²) in [5.41, 5.74) is 4.83. The van der Waals surface area contributed by atoms with E-state index in [4.69, 9.17) is 31.4 Å². The number of hydrogen-bond donors (Lipinski definition) is 0. The average Bonchev–Trinajstić information content (AvgIpc) is 3.59. The predicted octanol–water partition coefficient (Wildman–Crippen LogP) is 7.38. The summed E-state index contributed by atoms with van der Waals surface area (Å²) in [6.45, 7) is 0. The van der Waals surface area contributed by atoms with Crippen molar-refractivity contribution in [3.05, 3.63) is 106 Å². The fraction of sp³-hybridized carbons (Fsp3) is 0.107. The first-order chi connectivity index (χ1) is 17.2. The molecule has 2 aromatic heterocycles. The van der Waals surface area contributed by atoms with Gasteiger partial charge in [-0.3, -0.25) is 0 Å². The zero-order valence-electron chi connectivity index (χ0n) is 18.9. The van der Waals surface area contributed by atoms with Crippen LogP contribution in [-0.4, -0.2) is 22.8 Å². The van der Waals surface area contributed by atoms with Crippen molar-refractivity contribution in [1.82, 2.24) is 9.97 Å². The number of fused-ring (bicyclic) bond motifs is 1. The van der Waals surface area contributed by atoms with Gasteiger partial charge in [0.1, 0.15) is 5.75 Å². The fourth-order valence-electron chi connectivity index (χ4n) is 4.39. The third-order valence-electron chi connectivity index (χ3n) is 6.11. The molecule has 0 saturated carbocycles. The topological polar surface area (TPSA) is 50.6 Å². The van der Waals surface area contributed by atoms with Crippen molar-refractivity contribution in [2.24, 2.45) is 5.10 Å². The van der Waals surface area contributed by atoms with E-state index in [1.54, 1.807) is 18.4 Å². The molecule has 1 aliphatic heterocycles. The number of aromatic nitrogens is 2. The van der Waals surface area contributed by atoms with Crippen molar-refractivity contribution in [1.29, 1.82) is 0 Å². The summed E-state index contributed by atoms with van der Waals surface area (Å²) in [5, 5.41) is 10.7. The smallest absolute Gasteiger partial charge is 0.247 e. The summed E-state index contributed by atoms with van der Waals surface area (Å²) in [5.74, 6) is 1.38. The molecule has 5 aromatic rings. The van der Waals surface area contributed by atoms with E-state index in [0.29, 0.717) is 11.0 Å². The monoisotopic (exact) mass is 496 g/mol. The number of anilines is 1. The maximum atomic E-state index is 6.16. The third kappa shape index (κ3) is 4.16. The van der Waals surface area contributed by atoms with Gasteiger partial charge < -0.3 is 4.74 Å². The van der Waals surface area contributed by atoms with Crippen LogP contribution < -0.4 is 9.75 Å². The van der Waals surface area contributed by atoms with Gasteiger partial charge in [0.25, 0.3) is 0 Å². The highest BCUT2D eigenvalue weighted by molar-refractivity contribution is 7.12. The summed E-state index contributed by atoms with van der Waals surface area (Å²) < 4.78 is 5.50. The minimum absolute atomic E-state index is 0.0542. The Bertz CT molecular complexity index is 1530. The molecule has 1 atom stereocenters.